The third kappa shape index (κ3) is 3.66. The van der Waals surface area contributed by atoms with Crippen LogP contribution in [0.3, 0.4) is 0 Å². The van der Waals surface area contributed by atoms with Gasteiger partial charge in [-0.3, -0.25) is 0 Å². The van der Waals surface area contributed by atoms with Crippen LogP contribution in [0.5, 0.6) is 0 Å². The molecule has 0 fully saturated rings. The van der Waals surface area contributed by atoms with Crippen molar-refractivity contribution in [3.8, 4) is 0 Å². The second-order valence-electron chi connectivity index (χ2n) is 4.14. The van der Waals surface area contributed by atoms with Crippen LogP contribution in [0, 0.1) is 0 Å². The first kappa shape index (κ1) is 12.7. The van der Waals surface area contributed by atoms with E-state index in [2.05, 4.69) is 41.2 Å². The molecule has 1 aromatic rings. The lowest BCUT2D eigenvalue weighted by atomic mass is 10.3. The predicted molar refractivity (Wildman–Crippen MR) is 67.5 cm³/mol. The maximum absolute atomic E-state index is 5.70. The Labute approximate surface area is 97.1 Å². The van der Waals surface area contributed by atoms with E-state index < -0.39 is 0 Å². The molecule has 0 aliphatic carbocycles. The second kappa shape index (κ2) is 5.65. The van der Waals surface area contributed by atoms with Crippen LogP contribution in [0.4, 0.5) is 11.6 Å². The van der Waals surface area contributed by atoms with Gasteiger partial charge < -0.3 is 16.0 Å². The van der Waals surface area contributed by atoms with E-state index in [0.29, 0.717) is 11.9 Å². The summed E-state index contributed by atoms with van der Waals surface area (Å²) in [5.41, 5.74) is 5.70. The first-order valence-electron chi connectivity index (χ1n) is 5.56. The van der Waals surface area contributed by atoms with E-state index in [1.54, 1.807) is 6.07 Å². The van der Waals surface area contributed by atoms with Crippen LogP contribution in [0.25, 0.3) is 0 Å². The van der Waals surface area contributed by atoms with Crippen LogP contribution in [0.1, 0.15) is 19.7 Å². The Morgan fingerprint density at radius 3 is 2.69 bits per heavy atom. The number of aryl methyl sites for hydroxylation is 1. The lowest BCUT2D eigenvalue weighted by Gasteiger charge is -2.20. The van der Waals surface area contributed by atoms with Crippen molar-refractivity contribution in [1.82, 2.24) is 14.9 Å². The van der Waals surface area contributed by atoms with E-state index in [0.717, 1.165) is 24.6 Å². The molecule has 16 heavy (non-hydrogen) atoms. The Morgan fingerprint density at radius 1 is 1.44 bits per heavy atom. The maximum atomic E-state index is 5.70. The van der Waals surface area contributed by atoms with E-state index in [9.17, 15) is 0 Å². The molecule has 0 radical (unpaired) electrons. The molecular weight excluding hydrogens is 202 g/mol. The summed E-state index contributed by atoms with van der Waals surface area (Å²) in [4.78, 5) is 10.6. The minimum Gasteiger partial charge on any atom is -0.384 e. The zero-order chi connectivity index (χ0) is 12.1. The summed E-state index contributed by atoms with van der Waals surface area (Å²) in [5.74, 6) is 2.10. The molecule has 1 heterocycles. The van der Waals surface area contributed by atoms with E-state index in [-0.39, 0.29) is 0 Å². The molecule has 5 heteroatoms. The topological polar surface area (TPSA) is 67.1 Å². The van der Waals surface area contributed by atoms with E-state index in [1.165, 1.54) is 0 Å². The van der Waals surface area contributed by atoms with Gasteiger partial charge >= 0.3 is 0 Å². The van der Waals surface area contributed by atoms with Crippen LogP contribution in [-0.2, 0) is 6.42 Å². The number of hydrogen-bond acceptors (Lipinski definition) is 5. The number of nitrogens with zero attached hydrogens (tertiary/aromatic N) is 3. The van der Waals surface area contributed by atoms with E-state index in [1.807, 2.05) is 6.92 Å². The average molecular weight is 223 g/mol. The fourth-order valence-corrected chi connectivity index (χ4v) is 1.20. The van der Waals surface area contributed by atoms with Crippen molar-refractivity contribution in [1.29, 1.82) is 0 Å². The van der Waals surface area contributed by atoms with Gasteiger partial charge in [-0.25, -0.2) is 9.97 Å². The molecule has 1 atom stereocenters. The molecule has 1 unspecified atom stereocenters. The minimum atomic E-state index is 0.446. The number of nitrogens with one attached hydrogen (secondary N) is 1. The molecule has 0 amide bonds. The van der Waals surface area contributed by atoms with Crippen LogP contribution in [0.2, 0.25) is 0 Å². The van der Waals surface area contributed by atoms with Crippen LogP contribution >= 0.6 is 0 Å². The van der Waals surface area contributed by atoms with Gasteiger partial charge in [0, 0.05) is 25.1 Å². The summed E-state index contributed by atoms with van der Waals surface area (Å²) in [6, 6.07) is 2.21. The zero-order valence-corrected chi connectivity index (χ0v) is 10.5. The lowest BCUT2D eigenvalue weighted by molar-refractivity contribution is 0.326. The third-order valence-electron chi connectivity index (χ3n) is 2.57. The van der Waals surface area contributed by atoms with Gasteiger partial charge in [0.15, 0.2) is 0 Å². The normalized spacial score (nSPS) is 12.8. The van der Waals surface area contributed by atoms with Crippen molar-refractivity contribution in [3.63, 3.8) is 0 Å². The molecule has 1 aromatic heterocycles. The monoisotopic (exact) mass is 223 g/mol. The number of anilines is 2. The minimum absolute atomic E-state index is 0.446. The van der Waals surface area contributed by atoms with Crippen molar-refractivity contribution in [2.24, 2.45) is 0 Å². The lowest BCUT2D eigenvalue weighted by Crippen LogP contribution is -2.31. The van der Waals surface area contributed by atoms with Crippen molar-refractivity contribution in [2.75, 3.05) is 31.7 Å². The van der Waals surface area contributed by atoms with Crippen molar-refractivity contribution in [3.05, 3.63) is 11.9 Å². The number of rotatable bonds is 5. The molecule has 3 N–H and O–H groups in total. The molecule has 5 nitrogen and oxygen atoms in total. The van der Waals surface area contributed by atoms with Gasteiger partial charge in [-0.15, -0.1) is 0 Å². The van der Waals surface area contributed by atoms with Gasteiger partial charge in [0.25, 0.3) is 0 Å². The summed E-state index contributed by atoms with van der Waals surface area (Å²) < 4.78 is 0. The quantitative estimate of drug-likeness (QED) is 0.779. The van der Waals surface area contributed by atoms with Gasteiger partial charge in [-0.05, 0) is 21.0 Å². The molecule has 0 bridgehead atoms. The van der Waals surface area contributed by atoms with Crippen molar-refractivity contribution >= 4 is 11.6 Å². The standard InChI is InChI=1S/C11H21N5/c1-5-10-14-9(12)6-11(15-10)13-7-8(2)16(3)4/h6,8H,5,7H2,1-4H3,(H3,12,13,14,15). The molecule has 0 aromatic carbocycles. The highest BCUT2D eigenvalue weighted by Gasteiger charge is 2.05. The summed E-state index contributed by atoms with van der Waals surface area (Å²) in [6.07, 6.45) is 0.795. The smallest absolute Gasteiger partial charge is 0.132 e. The molecular formula is C11H21N5. The Morgan fingerprint density at radius 2 is 2.12 bits per heavy atom. The highest BCUT2D eigenvalue weighted by molar-refractivity contribution is 5.44. The average Bonchev–Trinajstić information content (AvgIpc) is 2.24. The van der Waals surface area contributed by atoms with Gasteiger partial charge in [-0.2, -0.15) is 0 Å². The molecule has 0 saturated carbocycles. The van der Waals surface area contributed by atoms with Gasteiger partial charge in [0.05, 0.1) is 0 Å². The maximum Gasteiger partial charge on any atom is 0.132 e. The van der Waals surface area contributed by atoms with Crippen LogP contribution in [0.15, 0.2) is 6.07 Å². The molecule has 0 aliphatic heterocycles. The van der Waals surface area contributed by atoms with E-state index >= 15 is 0 Å². The molecule has 90 valence electrons. The van der Waals surface area contributed by atoms with Crippen molar-refractivity contribution in [2.45, 2.75) is 26.3 Å². The number of hydrogen-bond donors (Lipinski definition) is 2. The number of nitrogen functional groups attached to an aromatic ring is 1. The second-order valence-corrected chi connectivity index (χ2v) is 4.14. The third-order valence-corrected chi connectivity index (χ3v) is 2.57. The summed E-state index contributed by atoms with van der Waals surface area (Å²) >= 11 is 0. The van der Waals surface area contributed by atoms with E-state index in [4.69, 9.17) is 5.73 Å². The Kier molecular flexibility index (Phi) is 4.49. The zero-order valence-electron chi connectivity index (χ0n) is 10.5. The Hall–Kier alpha value is -1.36. The van der Waals surface area contributed by atoms with Gasteiger partial charge in [0.2, 0.25) is 0 Å². The predicted octanol–water partition coefficient (Wildman–Crippen LogP) is 0.983. The fraction of sp³-hybridized carbons (Fsp3) is 0.636. The van der Waals surface area contributed by atoms with Crippen molar-refractivity contribution < 1.29 is 0 Å². The van der Waals surface area contributed by atoms with Crippen LogP contribution in [-0.4, -0.2) is 41.5 Å². The number of likely N-dealkylation sites (N-methyl/N-ethyl adjacent to an activating group) is 1. The summed E-state index contributed by atoms with van der Waals surface area (Å²) in [5, 5.41) is 3.27. The Balaban J connectivity index is 2.63. The first-order chi connectivity index (χ1) is 7.52. The summed E-state index contributed by atoms with van der Waals surface area (Å²) in [6.45, 7) is 5.01. The van der Waals surface area contributed by atoms with Gasteiger partial charge in [-0.1, -0.05) is 6.92 Å². The highest BCUT2D eigenvalue weighted by atomic mass is 15.1. The molecule has 0 aliphatic rings. The first-order valence-corrected chi connectivity index (χ1v) is 5.56. The number of aromatic nitrogens is 2. The molecule has 1 rings (SSSR count). The Bertz CT molecular complexity index is 337. The number of nitrogens with two attached hydrogens (primary N) is 1. The molecule has 0 saturated heterocycles. The SMILES string of the molecule is CCc1nc(N)cc(NCC(C)N(C)C)n1. The molecule has 0 spiro atoms. The van der Waals surface area contributed by atoms with Gasteiger partial charge in [0.1, 0.15) is 17.5 Å². The summed E-state index contributed by atoms with van der Waals surface area (Å²) in [7, 11) is 4.11. The largest absolute Gasteiger partial charge is 0.384 e. The van der Waals surface area contributed by atoms with Crippen LogP contribution < -0.4 is 11.1 Å². The highest BCUT2D eigenvalue weighted by Crippen LogP contribution is 2.09. The fourth-order valence-electron chi connectivity index (χ4n) is 1.20.